The largest absolute Gasteiger partial charge is 0.495 e. The van der Waals surface area contributed by atoms with Gasteiger partial charge in [-0.25, -0.2) is 0 Å². The molecule has 2 aliphatic heterocycles. The quantitative estimate of drug-likeness (QED) is 0.878. The van der Waals surface area contributed by atoms with Gasteiger partial charge in [0.25, 0.3) is 0 Å². The summed E-state index contributed by atoms with van der Waals surface area (Å²) in [6, 6.07) is 5.99. The highest BCUT2D eigenvalue weighted by molar-refractivity contribution is 6.01. The van der Waals surface area contributed by atoms with E-state index >= 15 is 0 Å². The number of benzene rings is 1. The zero-order valence-corrected chi connectivity index (χ0v) is 15.8. The lowest BCUT2D eigenvalue weighted by molar-refractivity contribution is -0.136. The van der Waals surface area contributed by atoms with E-state index in [9.17, 15) is 9.59 Å². The SMILES string of the molecule is COc1ccc(C)cc1N1CC(C(=O)N(C)C2CCNC2)CC1=O.Cl. The van der Waals surface area contributed by atoms with Crippen molar-refractivity contribution in [3.05, 3.63) is 23.8 Å². The molecule has 2 saturated heterocycles. The second-order valence-electron chi connectivity index (χ2n) is 6.68. The summed E-state index contributed by atoms with van der Waals surface area (Å²) in [5.74, 6) is 0.421. The maximum Gasteiger partial charge on any atom is 0.228 e. The Balaban J connectivity index is 0.00000225. The van der Waals surface area contributed by atoms with E-state index in [1.54, 1.807) is 12.0 Å². The van der Waals surface area contributed by atoms with Crippen molar-refractivity contribution in [3.63, 3.8) is 0 Å². The number of aryl methyl sites for hydroxylation is 1. The summed E-state index contributed by atoms with van der Waals surface area (Å²) in [7, 11) is 3.44. The summed E-state index contributed by atoms with van der Waals surface area (Å²) in [5, 5.41) is 3.28. The molecule has 0 bridgehead atoms. The summed E-state index contributed by atoms with van der Waals surface area (Å²) >= 11 is 0. The van der Waals surface area contributed by atoms with Gasteiger partial charge < -0.3 is 19.9 Å². The Labute approximate surface area is 154 Å². The summed E-state index contributed by atoms with van der Waals surface area (Å²) in [6.45, 7) is 4.17. The molecule has 25 heavy (non-hydrogen) atoms. The van der Waals surface area contributed by atoms with E-state index in [2.05, 4.69) is 5.32 Å². The number of methoxy groups -OCH3 is 1. The van der Waals surface area contributed by atoms with Crippen LogP contribution in [0.25, 0.3) is 0 Å². The number of nitrogens with one attached hydrogen (secondary N) is 1. The van der Waals surface area contributed by atoms with E-state index in [4.69, 9.17) is 4.74 Å². The Kier molecular flexibility index (Phi) is 6.30. The van der Waals surface area contributed by atoms with Crippen molar-refractivity contribution >= 4 is 29.9 Å². The molecule has 6 nitrogen and oxygen atoms in total. The van der Waals surface area contributed by atoms with Crippen molar-refractivity contribution in [2.45, 2.75) is 25.8 Å². The molecule has 0 aromatic heterocycles. The standard InChI is InChI=1S/C18H25N3O3.ClH/c1-12-4-5-16(24-3)15(8-12)21-11-13(9-17(21)22)18(23)20(2)14-6-7-19-10-14;/h4-5,8,13-14,19H,6-7,9-11H2,1-3H3;1H. The highest BCUT2D eigenvalue weighted by atomic mass is 35.5. The molecule has 2 amide bonds. The van der Waals surface area contributed by atoms with Crippen molar-refractivity contribution in [1.82, 2.24) is 10.2 Å². The third-order valence-electron chi connectivity index (χ3n) is 5.03. The van der Waals surface area contributed by atoms with Crippen molar-refractivity contribution in [2.24, 2.45) is 5.92 Å². The molecule has 1 aromatic rings. The minimum absolute atomic E-state index is 0. The molecule has 138 valence electrons. The molecule has 2 fully saturated rings. The van der Waals surface area contributed by atoms with E-state index in [-0.39, 0.29) is 42.6 Å². The van der Waals surface area contributed by atoms with Gasteiger partial charge in [-0.1, -0.05) is 6.07 Å². The first kappa shape index (κ1) is 19.5. The third kappa shape index (κ3) is 3.90. The van der Waals surface area contributed by atoms with Gasteiger partial charge in [0.05, 0.1) is 18.7 Å². The molecule has 2 unspecified atom stereocenters. The number of carbonyl (C=O) groups excluding carboxylic acids is 2. The molecule has 0 saturated carbocycles. The first-order valence-corrected chi connectivity index (χ1v) is 8.43. The highest BCUT2D eigenvalue weighted by Gasteiger charge is 2.39. The number of likely N-dealkylation sites (N-methyl/N-ethyl adjacent to an activating group) is 1. The van der Waals surface area contributed by atoms with Gasteiger partial charge in [-0.05, 0) is 37.6 Å². The molecule has 1 aromatic carbocycles. The van der Waals surface area contributed by atoms with Crippen molar-refractivity contribution < 1.29 is 14.3 Å². The Morgan fingerprint density at radius 3 is 2.80 bits per heavy atom. The van der Waals surface area contributed by atoms with Crippen LogP contribution in [0.5, 0.6) is 5.75 Å². The number of hydrogen-bond acceptors (Lipinski definition) is 4. The second-order valence-corrected chi connectivity index (χ2v) is 6.68. The first-order valence-electron chi connectivity index (χ1n) is 8.43. The van der Waals surface area contributed by atoms with E-state index in [0.717, 1.165) is 30.8 Å². The number of amides is 2. The zero-order valence-electron chi connectivity index (χ0n) is 14.9. The van der Waals surface area contributed by atoms with Crippen LogP contribution in [0.4, 0.5) is 5.69 Å². The van der Waals surface area contributed by atoms with Crippen LogP contribution in [-0.4, -0.2) is 56.5 Å². The predicted octanol–water partition coefficient (Wildman–Crippen LogP) is 1.60. The van der Waals surface area contributed by atoms with Gasteiger partial charge >= 0.3 is 0 Å². The summed E-state index contributed by atoms with van der Waals surface area (Å²) in [6.07, 6.45) is 1.23. The average molecular weight is 368 g/mol. The van der Waals surface area contributed by atoms with E-state index in [0.29, 0.717) is 12.3 Å². The van der Waals surface area contributed by atoms with Crippen molar-refractivity contribution in [1.29, 1.82) is 0 Å². The molecule has 0 radical (unpaired) electrons. The van der Waals surface area contributed by atoms with E-state index < -0.39 is 0 Å². The smallest absolute Gasteiger partial charge is 0.228 e. The Bertz CT molecular complexity index is 646. The van der Waals surface area contributed by atoms with E-state index in [1.165, 1.54) is 0 Å². The van der Waals surface area contributed by atoms with Gasteiger partial charge in [0, 0.05) is 32.6 Å². The molecule has 0 aliphatic carbocycles. The lowest BCUT2D eigenvalue weighted by Gasteiger charge is -2.26. The molecule has 2 heterocycles. The van der Waals surface area contributed by atoms with Gasteiger partial charge in [0.15, 0.2) is 0 Å². The fourth-order valence-corrected chi connectivity index (χ4v) is 3.55. The summed E-state index contributed by atoms with van der Waals surface area (Å²) < 4.78 is 5.39. The Morgan fingerprint density at radius 1 is 1.40 bits per heavy atom. The van der Waals surface area contributed by atoms with Crippen molar-refractivity contribution in [3.8, 4) is 5.75 Å². The zero-order chi connectivity index (χ0) is 17.3. The third-order valence-corrected chi connectivity index (χ3v) is 5.03. The molecular weight excluding hydrogens is 342 g/mol. The fraction of sp³-hybridized carbons (Fsp3) is 0.556. The number of ether oxygens (including phenoxy) is 1. The predicted molar refractivity (Wildman–Crippen MR) is 99.5 cm³/mol. The van der Waals surface area contributed by atoms with Crippen LogP contribution in [0, 0.1) is 12.8 Å². The van der Waals surface area contributed by atoms with Crippen LogP contribution in [0.3, 0.4) is 0 Å². The van der Waals surface area contributed by atoms with Crippen LogP contribution < -0.4 is 15.0 Å². The van der Waals surface area contributed by atoms with Crippen LogP contribution in [0.2, 0.25) is 0 Å². The molecule has 2 atom stereocenters. The first-order chi connectivity index (χ1) is 11.5. The lowest BCUT2D eigenvalue weighted by atomic mass is 10.1. The lowest BCUT2D eigenvalue weighted by Crippen LogP contribution is -2.42. The minimum atomic E-state index is -0.284. The fourth-order valence-electron chi connectivity index (χ4n) is 3.55. The molecule has 1 N–H and O–H groups in total. The van der Waals surface area contributed by atoms with Crippen LogP contribution in [0.15, 0.2) is 18.2 Å². The second kappa shape index (κ2) is 8.06. The molecule has 7 heteroatoms. The Morgan fingerprint density at radius 2 is 2.16 bits per heavy atom. The maximum atomic E-state index is 12.8. The van der Waals surface area contributed by atoms with Gasteiger partial charge in [-0.3, -0.25) is 9.59 Å². The van der Waals surface area contributed by atoms with Gasteiger partial charge in [0.2, 0.25) is 11.8 Å². The number of carbonyl (C=O) groups is 2. The van der Waals surface area contributed by atoms with Crippen LogP contribution >= 0.6 is 12.4 Å². The number of rotatable bonds is 4. The summed E-state index contributed by atoms with van der Waals surface area (Å²) in [5.41, 5.74) is 1.81. The summed E-state index contributed by atoms with van der Waals surface area (Å²) in [4.78, 5) is 28.8. The normalized spacial score (nSPS) is 22.7. The van der Waals surface area contributed by atoms with Crippen LogP contribution in [-0.2, 0) is 9.59 Å². The van der Waals surface area contributed by atoms with E-state index in [1.807, 2.05) is 37.1 Å². The molecule has 0 spiro atoms. The highest BCUT2D eigenvalue weighted by Crippen LogP contribution is 2.34. The average Bonchev–Trinajstić information content (AvgIpc) is 3.23. The number of hydrogen-bond donors (Lipinski definition) is 1. The number of anilines is 1. The number of nitrogens with zero attached hydrogens (tertiary/aromatic N) is 2. The molecule has 3 rings (SSSR count). The monoisotopic (exact) mass is 367 g/mol. The number of halogens is 1. The van der Waals surface area contributed by atoms with Crippen LogP contribution in [0.1, 0.15) is 18.4 Å². The van der Waals surface area contributed by atoms with Crippen molar-refractivity contribution in [2.75, 3.05) is 38.7 Å². The van der Waals surface area contributed by atoms with Gasteiger partial charge in [-0.2, -0.15) is 0 Å². The van der Waals surface area contributed by atoms with Gasteiger partial charge in [-0.15, -0.1) is 12.4 Å². The topological polar surface area (TPSA) is 61.9 Å². The Hall–Kier alpha value is -1.79. The molecular formula is C18H26ClN3O3. The minimum Gasteiger partial charge on any atom is -0.495 e. The maximum absolute atomic E-state index is 12.8. The molecule has 2 aliphatic rings. The van der Waals surface area contributed by atoms with Gasteiger partial charge in [0.1, 0.15) is 5.75 Å².